The summed E-state index contributed by atoms with van der Waals surface area (Å²) in [5, 5.41) is 0. The van der Waals surface area contributed by atoms with E-state index in [0.29, 0.717) is 0 Å². The maximum Gasteiger partial charge on any atom is 0.281 e. The molecule has 0 aromatic carbocycles. The van der Waals surface area contributed by atoms with E-state index in [1.165, 1.54) is 6.42 Å². The molecule has 1 rings (SSSR count). The van der Waals surface area contributed by atoms with Crippen LogP contribution in [0.1, 0.15) is 6.42 Å². The zero-order chi connectivity index (χ0) is 9.11. The Morgan fingerprint density at radius 3 is 2.09 bits per heavy atom. The van der Waals surface area contributed by atoms with Crippen molar-refractivity contribution in [1.82, 2.24) is 0 Å². The predicted molar refractivity (Wildman–Crippen MR) is 39.1 cm³/mol. The second-order valence-electron chi connectivity index (χ2n) is 1.43. The van der Waals surface area contributed by atoms with Crippen molar-refractivity contribution in [2.75, 3.05) is 0 Å². The van der Waals surface area contributed by atoms with E-state index in [0.717, 1.165) is 15.0 Å². The number of carbonyl (C=O) groups excluding carboxylic acids is 2. The molecule has 1 aliphatic rings. The van der Waals surface area contributed by atoms with Crippen LogP contribution in [0.3, 0.4) is 0 Å². The van der Waals surface area contributed by atoms with Crippen LogP contribution in [-0.2, 0) is 24.5 Å². The molecular weight excluding hydrogens is 183 g/mol. The first-order chi connectivity index (χ1) is 5.43. The van der Waals surface area contributed by atoms with Crippen LogP contribution in [0.2, 0.25) is 5.82 Å². The van der Waals surface area contributed by atoms with Crippen LogP contribution in [0, 0.1) is 0 Å². The number of allylic oxidation sites excluding steroid dienone is 4. The maximum atomic E-state index is 7.50. The van der Waals surface area contributed by atoms with Gasteiger partial charge in [-0.05, 0) is 0 Å². The molecule has 0 saturated heterocycles. The molecule has 0 N–H and O–H groups in total. The van der Waals surface area contributed by atoms with E-state index >= 15 is 0 Å². The van der Waals surface area contributed by atoms with Gasteiger partial charge in [0.15, 0.2) is 0 Å². The van der Waals surface area contributed by atoms with Crippen LogP contribution in [0.4, 0.5) is 0 Å². The van der Waals surface area contributed by atoms with Gasteiger partial charge in [0.2, 0.25) is 0 Å². The van der Waals surface area contributed by atoms with Crippen molar-refractivity contribution < 1.29 is 24.5 Å². The van der Waals surface area contributed by atoms with Crippen molar-refractivity contribution in [1.29, 1.82) is 0 Å². The van der Waals surface area contributed by atoms with Gasteiger partial charge in [-0.2, -0.15) is 0 Å². The van der Waals surface area contributed by atoms with Crippen LogP contribution in [0.15, 0.2) is 22.7 Å². The quantitative estimate of drug-likeness (QED) is 0.583. The molecular formula is C8H8MnO2. The van der Waals surface area contributed by atoms with E-state index in [1.807, 2.05) is 0 Å². The van der Waals surface area contributed by atoms with Gasteiger partial charge in [0.1, 0.15) is 0 Å². The third-order valence-corrected chi connectivity index (χ3v) is 2.16. The summed E-state index contributed by atoms with van der Waals surface area (Å²) in [6.07, 6.45) is 7.75. The molecule has 0 amide bonds. The van der Waals surface area contributed by atoms with E-state index in [4.69, 9.17) is 9.59 Å². The van der Waals surface area contributed by atoms with E-state index in [9.17, 15) is 0 Å². The molecule has 1 aliphatic carbocycles. The Kier molecular flexibility index (Phi) is 14.2. The van der Waals surface area contributed by atoms with Crippen LogP contribution < -0.4 is 0 Å². The molecule has 0 aromatic heterocycles. The van der Waals surface area contributed by atoms with Crippen LogP contribution in [0.25, 0.3) is 0 Å². The summed E-state index contributed by atoms with van der Waals surface area (Å²) in [5.41, 5.74) is 0. The van der Waals surface area contributed by atoms with Crippen molar-refractivity contribution in [3.05, 3.63) is 22.7 Å². The third kappa shape index (κ3) is 7.23. The minimum atomic E-state index is 0.984. The van der Waals surface area contributed by atoms with Crippen LogP contribution >= 0.6 is 0 Å². The van der Waals surface area contributed by atoms with Gasteiger partial charge in [-0.3, -0.25) is 9.59 Å². The maximum absolute atomic E-state index is 7.50. The van der Waals surface area contributed by atoms with Gasteiger partial charge >= 0.3 is 49.9 Å². The summed E-state index contributed by atoms with van der Waals surface area (Å²) in [6, 6.07) is 0. The van der Waals surface area contributed by atoms with Gasteiger partial charge in [0.25, 0.3) is 13.6 Å². The van der Waals surface area contributed by atoms with E-state index < -0.39 is 0 Å². The van der Waals surface area contributed by atoms with Gasteiger partial charge in [0, 0.05) is 0 Å². The molecule has 2 nitrogen and oxygen atoms in total. The Morgan fingerprint density at radius 2 is 1.91 bits per heavy atom. The van der Waals surface area contributed by atoms with Crippen molar-refractivity contribution in [3.8, 4) is 0 Å². The van der Waals surface area contributed by atoms with Crippen LogP contribution in [-0.4, -0.2) is 13.6 Å². The van der Waals surface area contributed by atoms with Crippen molar-refractivity contribution in [2.24, 2.45) is 0 Å². The summed E-state index contributed by atoms with van der Waals surface area (Å²) < 4.78 is 1.59. The smallest absolute Gasteiger partial charge is 0.281 e. The van der Waals surface area contributed by atoms with Gasteiger partial charge in [-0.25, -0.2) is 0 Å². The molecule has 0 unspecified atom stereocenters. The number of rotatable bonds is 1. The van der Waals surface area contributed by atoms with Gasteiger partial charge < -0.3 is 0 Å². The Balaban J connectivity index is 0. The molecule has 0 saturated carbocycles. The molecule has 0 bridgehead atoms. The molecule has 0 aliphatic heterocycles. The summed E-state index contributed by atoms with van der Waals surface area (Å²) in [7, 11) is 0. The predicted octanol–water partition coefficient (Wildman–Crippen LogP) is 1.17. The van der Waals surface area contributed by atoms with Crippen LogP contribution in [0.5, 0.6) is 0 Å². The minimum Gasteiger partial charge on any atom is -0.281 e. The molecule has 3 heteroatoms. The number of hydrogen-bond acceptors (Lipinski definition) is 2. The average molecular weight is 191 g/mol. The Bertz CT molecular complexity index is 139. The van der Waals surface area contributed by atoms with Gasteiger partial charge in [-0.15, -0.1) is 0 Å². The second kappa shape index (κ2) is 12.1. The van der Waals surface area contributed by atoms with Crippen molar-refractivity contribution >= 4 is 13.6 Å². The zero-order valence-corrected chi connectivity index (χ0v) is 7.31. The normalized spacial score (nSPS) is 11.9. The Morgan fingerprint density at radius 1 is 1.36 bits per heavy atom. The summed E-state index contributed by atoms with van der Waals surface area (Å²) >= 11 is 0.984. The molecule has 0 fully saturated rings. The van der Waals surface area contributed by atoms with E-state index in [2.05, 4.69) is 37.6 Å². The molecule has 11 heavy (non-hydrogen) atoms. The zero-order valence-electron chi connectivity index (χ0n) is 6.13. The molecule has 0 spiro atoms. The average Bonchev–Trinajstić information content (AvgIpc) is 2.63. The Labute approximate surface area is 73.5 Å². The fourth-order valence-corrected chi connectivity index (χ4v) is 1.25. The topological polar surface area (TPSA) is 34.1 Å². The molecule has 4 radical (unpaired) electrons. The molecule has 0 heterocycles. The molecule has 59 valence electrons. The SMILES string of the molecule is [CH3][Mn][C]1=CC=CC1.[C]=O.[C]=O. The minimum absolute atomic E-state index is 0.984. The molecule has 0 aromatic rings. The van der Waals surface area contributed by atoms with Crippen molar-refractivity contribution in [3.63, 3.8) is 0 Å². The standard InChI is InChI=1S/C5H5.2CO.CH3.Mn/c1-2-4-5-3-1;2*1-2;;/h1-3H,4H2;;;1H3;. The first kappa shape index (κ1) is 13.0. The monoisotopic (exact) mass is 191 g/mol. The van der Waals surface area contributed by atoms with E-state index in [-0.39, 0.29) is 0 Å². The molecule has 0 atom stereocenters. The summed E-state index contributed by atoms with van der Waals surface area (Å²) in [5.74, 6) is 2.22. The summed E-state index contributed by atoms with van der Waals surface area (Å²) in [4.78, 5) is 15.0. The van der Waals surface area contributed by atoms with Gasteiger partial charge in [0.05, 0.1) is 0 Å². The largest absolute Gasteiger partial charge is 0.281 e. The first-order valence-corrected chi connectivity index (χ1v) is 4.46. The van der Waals surface area contributed by atoms with E-state index in [1.54, 1.807) is 4.47 Å². The Hall–Kier alpha value is -0.661. The first-order valence-electron chi connectivity index (χ1n) is 2.69. The fraction of sp³-hybridized carbons (Fsp3) is 0.250. The summed E-state index contributed by atoms with van der Waals surface area (Å²) in [6.45, 7) is 9.00. The number of hydrogen-bond donors (Lipinski definition) is 0. The second-order valence-corrected chi connectivity index (χ2v) is 2.78. The third-order valence-electron chi connectivity index (χ3n) is 0.969. The van der Waals surface area contributed by atoms with Crippen molar-refractivity contribution in [2.45, 2.75) is 12.2 Å². The fourth-order valence-electron chi connectivity index (χ4n) is 0.561. The van der Waals surface area contributed by atoms with Gasteiger partial charge in [-0.1, -0.05) is 0 Å².